The zero-order chi connectivity index (χ0) is 8.97. The molecule has 0 aromatic carbocycles. The van der Waals surface area contributed by atoms with Gasteiger partial charge in [0.1, 0.15) is 13.3 Å². The molecule has 1 rings (SSSR count). The Morgan fingerprint density at radius 2 is 2.00 bits per heavy atom. The summed E-state index contributed by atoms with van der Waals surface area (Å²) in [5.74, 6) is 0. The van der Waals surface area contributed by atoms with Gasteiger partial charge in [-0.05, 0) is 19.4 Å². The van der Waals surface area contributed by atoms with Gasteiger partial charge >= 0.3 is 0 Å². The number of likely N-dealkylation sites (tertiary alicyclic amines) is 1. The molecule has 0 saturated carbocycles. The van der Waals surface area contributed by atoms with E-state index < -0.39 is 19.4 Å². The summed E-state index contributed by atoms with van der Waals surface area (Å²) in [7, 11) is 0. The van der Waals surface area contributed by atoms with Gasteiger partial charge in [-0.2, -0.15) is 0 Å². The van der Waals surface area contributed by atoms with E-state index in [-0.39, 0.29) is 18.4 Å². The summed E-state index contributed by atoms with van der Waals surface area (Å²) in [5.41, 5.74) is 5.69. The van der Waals surface area contributed by atoms with Crippen LogP contribution in [-0.2, 0) is 0 Å². The fourth-order valence-corrected chi connectivity index (χ4v) is 1.61. The van der Waals surface area contributed by atoms with Crippen LogP contribution in [0.5, 0.6) is 0 Å². The lowest BCUT2D eigenvalue weighted by Crippen LogP contribution is -2.49. The lowest BCUT2D eigenvalue weighted by Gasteiger charge is -2.34. The van der Waals surface area contributed by atoms with E-state index in [1.807, 2.05) is 4.90 Å². The lowest BCUT2D eigenvalue weighted by atomic mass is 10.1. The van der Waals surface area contributed by atoms with Crippen molar-refractivity contribution in [3.8, 4) is 0 Å². The first-order chi connectivity index (χ1) is 5.77. The van der Waals surface area contributed by atoms with E-state index in [1.165, 1.54) is 0 Å². The van der Waals surface area contributed by atoms with Crippen LogP contribution in [0.15, 0.2) is 0 Å². The normalized spacial score (nSPS) is 24.5. The van der Waals surface area contributed by atoms with Gasteiger partial charge in [0.2, 0.25) is 0 Å². The number of nitrogens with two attached hydrogens (primary N) is 1. The molecule has 2 nitrogen and oxygen atoms in total. The molecule has 0 aromatic heterocycles. The van der Waals surface area contributed by atoms with Gasteiger partial charge in [-0.3, -0.25) is 4.90 Å². The second-order valence-corrected chi connectivity index (χ2v) is 3.36. The molecular formula is C8H17ClF2N2. The van der Waals surface area contributed by atoms with Gasteiger partial charge in [0.15, 0.2) is 0 Å². The molecule has 0 radical (unpaired) electrons. The van der Waals surface area contributed by atoms with Crippen molar-refractivity contribution in [2.75, 3.05) is 26.4 Å². The minimum atomic E-state index is -0.608. The highest BCUT2D eigenvalue weighted by molar-refractivity contribution is 5.85. The van der Waals surface area contributed by atoms with E-state index in [0.29, 0.717) is 6.54 Å². The molecule has 0 aliphatic carbocycles. The first-order valence-electron chi connectivity index (χ1n) is 4.39. The third-order valence-corrected chi connectivity index (χ3v) is 2.36. The lowest BCUT2D eigenvalue weighted by molar-refractivity contribution is 0.107. The van der Waals surface area contributed by atoms with Crippen LogP contribution < -0.4 is 5.73 Å². The Bertz CT molecular complexity index is 133. The summed E-state index contributed by atoms with van der Waals surface area (Å²) < 4.78 is 24.5. The molecule has 1 aliphatic heterocycles. The molecule has 1 fully saturated rings. The SMILES string of the molecule is Cl.NC1CCCN(C(CF)CF)C1. The van der Waals surface area contributed by atoms with Crippen molar-refractivity contribution in [3.05, 3.63) is 0 Å². The molecule has 1 unspecified atom stereocenters. The number of hydrogen-bond acceptors (Lipinski definition) is 2. The molecule has 13 heavy (non-hydrogen) atoms. The average molecular weight is 215 g/mol. The van der Waals surface area contributed by atoms with Crippen LogP contribution in [0, 0.1) is 0 Å². The van der Waals surface area contributed by atoms with Gasteiger partial charge in [-0.1, -0.05) is 0 Å². The number of alkyl halides is 2. The van der Waals surface area contributed by atoms with E-state index in [9.17, 15) is 8.78 Å². The third-order valence-electron chi connectivity index (χ3n) is 2.36. The van der Waals surface area contributed by atoms with Gasteiger partial charge in [0.05, 0.1) is 6.04 Å². The van der Waals surface area contributed by atoms with E-state index in [4.69, 9.17) is 5.73 Å². The van der Waals surface area contributed by atoms with Crippen molar-refractivity contribution in [1.29, 1.82) is 0 Å². The molecule has 0 amide bonds. The number of rotatable bonds is 3. The van der Waals surface area contributed by atoms with Crippen LogP contribution in [0.4, 0.5) is 8.78 Å². The maximum Gasteiger partial charge on any atom is 0.107 e. The van der Waals surface area contributed by atoms with Gasteiger partial charge in [0, 0.05) is 12.6 Å². The summed E-state index contributed by atoms with van der Waals surface area (Å²) in [5, 5.41) is 0. The van der Waals surface area contributed by atoms with E-state index in [2.05, 4.69) is 0 Å². The van der Waals surface area contributed by atoms with Crippen molar-refractivity contribution in [2.24, 2.45) is 5.73 Å². The van der Waals surface area contributed by atoms with Crippen LogP contribution in [0.3, 0.4) is 0 Å². The number of hydrogen-bond donors (Lipinski definition) is 1. The Hall–Kier alpha value is 0.0700. The fourth-order valence-electron chi connectivity index (χ4n) is 1.61. The molecule has 1 saturated heterocycles. The highest BCUT2D eigenvalue weighted by Crippen LogP contribution is 2.12. The third kappa shape index (κ3) is 3.75. The van der Waals surface area contributed by atoms with Gasteiger partial charge in [-0.15, -0.1) is 12.4 Å². The smallest absolute Gasteiger partial charge is 0.107 e. The monoisotopic (exact) mass is 214 g/mol. The number of nitrogens with zero attached hydrogens (tertiary/aromatic N) is 1. The number of halogens is 3. The van der Waals surface area contributed by atoms with Gasteiger partial charge in [0.25, 0.3) is 0 Å². The van der Waals surface area contributed by atoms with Crippen molar-refractivity contribution >= 4 is 12.4 Å². The van der Waals surface area contributed by atoms with E-state index >= 15 is 0 Å². The van der Waals surface area contributed by atoms with Crippen LogP contribution in [-0.4, -0.2) is 43.4 Å². The molecule has 1 aliphatic rings. The van der Waals surface area contributed by atoms with Crippen LogP contribution in [0.25, 0.3) is 0 Å². The first kappa shape index (κ1) is 13.1. The zero-order valence-electron chi connectivity index (χ0n) is 7.59. The van der Waals surface area contributed by atoms with E-state index in [1.54, 1.807) is 0 Å². The molecular weight excluding hydrogens is 198 g/mol. The van der Waals surface area contributed by atoms with Crippen molar-refractivity contribution in [1.82, 2.24) is 4.90 Å². The standard InChI is InChI=1S/C8H16F2N2.ClH/c9-4-8(5-10)12-3-1-2-7(11)6-12;/h7-8H,1-6,11H2;1H. The van der Waals surface area contributed by atoms with Crippen molar-refractivity contribution < 1.29 is 8.78 Å². The molecule has 1 atom stereocenters. The second-order valence-electron chi connectivity index (χ2n) is 3.36. The van der Waals surface area contributed by atoms with Crippen molar-refractivity contribution in [2.45, 2.75) is 24.9 Å². The Morgan fingerprint density at radius 3 is 2.46 bits per heavy atom. The van der Waals surface area contributed by atoms with Gasteiger partial charge < -0.3 is 5.73 Å². The Kier molecular flexibility index (Phi) is 6.55. The highest BCUT2D eigenvalue weighted by Gasteiger charge is 2.23. The fraction of sp³-hybridized carbons (Fsp3) is 1.00. The molecule has 5 heteroatoms. The predicted molar refractivity (Wildman–Crippen MR) is 51.8 cm³/mol. The summed E-state index contributed by atoms with van der Waals surface area (Å²) in [6.45, 7) is 0.206. The Labute approximate surface area is 83.9 Å². The van der Waals surface area contributed by atoms with Crippen LogP contribution >= 0.6 is 12.4 Å². The van der Waals surface area contributed by atoms with Crippen LogP contribution in [0.2, 0.25) is 0 Å². The Balaban J connectivity index is 0.00000144. The molecule has 0 bridgehead atoms. The topological polar surface area (TPSA) is 29.3 Å². The summed E-state index contributed by atoms with van der Waals surface area (Å²) in [6.07, 6.45) is 1.93. The van der Waals surface area contributed by atoms with Crippen LogP contribution in [0.1, 0.15) is 12.8 Å². The summed E-state index contributed by atoms with van der Waals surface area (Å²) in [4.78, 5) is 1.81. The largest absolute Gasteiger partial charge is 0.327 e. The minimum Gasteiger partial charge on any atom is -0.327 e. The molecule has 1 heterocycles. The van der Waals surface area contributed by atoms with Crippen molar-refractivity contribution in [3.63, 3.8) is 0 Å². The quantitative estimate of drug-likeness (QED) is 0.764. The Morgan fingerprint density at radius 1 is 1.38 bits per heavy atom. The molecule has 2 N–H and O–H groups in total. The molecule has 80 valence electrons. The molecule has 0 spiro atoms. The van der Waals surface area contributed by atoms with E-state index in [0.717, 1.165) is 19.4 Å². The average Bonchev–Trinajstić information content (AvgIpc) is 2.07. The summed E-state index contributed by atoms with van der Waals surface area (Å²) >= 11 is 0. The van der Waals surface area contributed by atoms with Gasteiger partial charge in [-0.25, -0.2) is 8.78 Å². The summed E-state index contributed by atoms with van der Waals surface area (Å²) in [6, 6.07) is -0.462. The second kappa shape index (κ2) is 6.51. The molecule has 0 aromatic rings. The zero-order valence-corrected chi connectivity index (χ0v) is 8.40. The first-order valence-corrected chi connectivity index (χ1v) is 4.39. The predicted octanol–water partition coefficient (Wildman–Crippen LogP) is 1.14. The maximum absolute atomic E-state index is 12.2. The maximum atomic E-state index is 12.2. The minimum absolute atomic E-state index is 0. The number of piperidine rings is 1. The highest BCUT2D eigenvalue weighted by atomic mass is 35.5.